The maximum absolute atomic E-state index is 12.6. The first-order chi connectivity index (χ1) is 15.0. The molecule has 1 atom stereocenters. The van der Waals surface area contributed by atoms with E-state index in [1.165, 1.54) is 30.2 Å². The van der Waals surface area contributed by atoms with Crippen LogP contribution in [-0.2, 0) is 16.0 Å². The van der Waals surface area contributed by atoms with Gasteiger partial charge in [-0.15, -0.1) is 23.1 Å². The normalized spacial score (nSPS) is 11.8. The van der Waals surface area contributed by atoms with Crippen LogP contribution in [0, 0.1) is 6.92 Å². The van der Waals surface area contributed by atoms with Gasteiger partial charge in [-0.05, 0) is 42.3 Å². The number of hydrogen-bond donors (Lipinski definition) is 2. The van der Waals surface area contributed by atoms with Gasteiger partial charge in [0.15, 0.2) is 5.82 Å². The topological polar surface area (TPSA) is 84.2 Å². The van der Waals surface area contributed by atoms with Crippen LogP contribution in [0.25, 0.3) is 0 Å². The summed E-state index contributed by atoms with van der Waals surface area (Å²) in [5, 5.41) is 11.5. The third-order valence-electron chi connectivity index (χ3n) is 4.63. The number of carbonyl (C=O) groups is 2. The van der Waals surface area contributed by atoms with E-state index in [1.807, 2.05) is 17.5 Å². The largest absolute Gasteiger partial charge is 0.360 e. The van der Waals surface area contributed by atoms with Crippen molar-refractivity contribution >= 4 is 40.7 Å². The van der Waals surface area contributed by atoms with Gasteiger partial charge in [-0.25, -0.2) is 0 Å². The van der Waals surface area contributed by atoms with Gasteiger partial charge < -0.3 is 15.2 Å². The lowest BCUT2D eigenvalue weighted by atomic mass is 10.0. The van der Waals surface area contributed by atoms with E-state index in [0.29, 0.717) is 11.6 Å². The van der Waals surface area contributed by atoms with Crippen molar-refractivity contribution in [2.75, 3.05) is 16.8 Å². The first-order valence-corrected chi connectivity index (χ1v) is 12.3. The lowest BCUT2D eigenvalue weighted by Crippen LogP contribution is -2.30. The molecule has 3 aromatic rings. The van der Waals surface area contributed by atoms with Crippen molar-refractivity contribution in [3.63, 3.8) is 0 Å². The fraction of sp³-hybridized carbons (Fsp3) is 0.348. The van der Waals surface area contributed by atoms with Gasteiger partial charge in [-0.1, -0.05) is 48.8 Å². The number of amides is 2. The molecule has 1 aromatic carbocycles. The van der Waals surface area contributed by atoms with E-state index in [1.54, 1.807) is 24.3 Å². The zero-order valence-corrected chi connectivity index (χ0v) is 19.4. The number of nitrogens with one attached hydrogen (secondary N) is 2. The van der Waals surface area contributed by atoms with Gasteiger partial charge in [-0.3, -0.25) is 9.59 Å². The molecule has 0 aliphatic rings. The van der Waals surface area contributed by atoms with Crippen molar-refractivity contribution in [3.05, 3.63) is 69.6 Å². The van der Waals surface area contributed by atoms with Crippen molar-refractivity contribution in [2.45, 2.75) is 39.2 Å². The highest BCUT2D eigenvalue weighted by Crippen LogP contribution is 2.27. The fourth-order valence-electron chi connectivity index (χ4n) is 3.08. The van der Waals surface area contributed by atoms with E-state index in [4.69, 9.17) is 4.52 Å². The van der Waals surface area contributed by atoms with Gasteiger partial charge in [-0.2, -0.15) is 0 Å². The molecule has 0 saturated heterocycles. The van der Waals surface area contributed by atoms with Gasteiger partial charge in [0.25, 0.3) is 0 Å². The molecule has 0 bridgehead atoms. The number of aromatic nitrogens is 1. The number of thiophene rings is 1. The van der Waals surface area contributed by atoms with Gasteiger partial charge in [0.2, 0.25) is 11.8 Å². The van der Waals surface area contributed by atoms with Gasteiger partial charge in [0.05, 0.1) is 17.5 Å². The highest BCUT2D eigenvalue weighted by atomic mass is 32.2. The monoisotopic (exact) mass is 457 g/mol. The number of anilines is 1. The Hall–Kier alpha value is -2.58. The molecule has 31 heavy (non-hydrogen) atoms. The fourth-order valence-corrected chi connectivity index (χ4v) is 4.51. The van der Waals surface area contributed by atoms with E-state index >= 15 is 0 Å². The highest BCUT2D eigenvalue weighted by molar-refractivity contribution is 8.00. The molecular weight excluding hydrogens is 430 g/mol. The summed E-state index contributed by atoms with van der Waals surface area (Å²) in [7, 11) is 0. The maximum Gasteiger partial charge on any atom is 0.235 e. The molecule has 2 amide bonds. The van der Waals surface area contributed by atoms with Gasteiger partial charge in [0.1, 0.15) is 5.76 Å². The van der Waals surface area contributed by atoms with Crippen LogP contribution >= 0.6 is 23.1 Å². The number of nitrogens with zero attached hydrogens (tertiary/aromatic N) is 1. The molecule has 0 spiro atoms. The van der Waals surface area contributed by atoms with E-state index in [-0.39, 0.29) is 29.4 Å². The third kappa shape index (κ3) is 7.25. The number of hydrogen-bond acceptors (Lipinski definition) is 6. The number of unbranched alkanes of at least 4 members (excludes halogenated alkanes) is 1. The smallest absolute Gasteiger partial charge is 0.235 e. The van der Waals surface area contributed by atoms with Crippen LogP contribution in [0.3, 0.4) is 0 Å². The second-order valence-corrected chi connectivity index (χ2v) is 9.19. The van der Waals surface area contributed by atoms with Crippen molar-refractivity contribution in [2.24, 2.45) is 0 Å². The van der Waals surface area contributed by atoms with Crippen LogP contribution < -0.4 is 10.6 Å². The molecular formula is C23H27N3O3S2. The Morgan fingerprint density at radius 1 is 1.16 bits per heavy atom. The molecule has 6 nitrogen and oxygen atoms in total. The Bertz CT molecular complexity index is 968. The second kappa shape index (κ2) is 11.7. The van der Waals surface area contributed by atoms with E-state index < -0.39 is 0 Å². The lowest BCUT2D eigenvalue weighted by Gasteiger charge is -2.18. The minimum atomic E-state index is -0.219. The second-order valence-electron chi connectivity index (χ2n) is 7.22. The molecule has 164 valence electrons. The average Bonchev–Trinajstić information content (AvgIpc) is 3.43. The molecule has 2 N–H and O–H groups in total. The minimum Gasteiger partial charge on any atom is -0.360 e. The standard InChI is InChI=1S/C23H27N3O3S2/c1-3-4-6-17-8-10-18(11-9-17)23(19-7-5-12-31-19)25-22(28)15-30-14-21(27)24-20-13-16(2)29-26-20/h5,7-13,23H,3-4,6,14-15H2,1-2H3,(H,25,28)(H,24,26,27). The van der Waals surface area contributed by atoms with E-state index in [2.05, 4.69) is 47.0 Å². The summed E-state index contributed by atoms with van der Waals surface area (Å²) in [5.41, 5.74) is 2.37. The van der Waals surface area contributed by atoms with Crippen LogP contribution in [0.2, 0.25) is 0 Å². The number of carbonyl (C=O) groups excluding carboxylic acids is 2. The first-order valence-electron chi connectivity index (χ1n) is 10.3. The lowest BCUT2D eigenvalue weighted by molar-refractivity contribution is -0.119. The van der Waals surface area contributed by atoms with Crippen LogP contribution in [0.15, 0.2) is 52.4 Å². The average molecular weight is 458 g/mol. The van der Waals surface area contributed by atoms with Crippen molar-refractivity contribution in [1.29, 1.82) is 0 Å². The molecule has 0 fully saturated rings. The zero-order valence-electron chi connectivity index (χ0n) is 17.7. The number of benzene rings is 1. The molecule has 0 aliphatic carbocycles. The summed E-state index contributed by atoms with van der Waals surface area (Å²) >= 11 is 2.88. The van der Waals surface area contributed by atoms with E-state index in [9.17, 15) is 9.59 Å². The Morgan fingerprint density at radius 2 is 1.94 bits per heavy atom. The summed E-state index contributed by atoms with van der Waals surface area (Å²) in [6.07, 6.45) is 3.41. The predicted octanol–water partition coefficient (Wildman–Crippen LogP) is 4.96. The molecule has 2 heterocycles. The quantitative estimate of drug-likeness (QED) is 0.425. The summed E-state index contributed by atoms with van der Waals surface area (Å²) in [4.78, 5) is 25.7. The number of rotatable bonds is 11. The Labute approximate surface area is 190 Å². The number of aryl methyl sites for hydroxylation is 2. The molecule has 2 aromatic heterocycles. The molecule has 3 rings (SSSR count). The Morgan fingerprint density at radius 3 is 2.58 bits per heavy atom. The molecule has 0 radical (unpaired) electrons. The molecule has 0 saturated carbocycles. The molecule has 8 heteroatoms. The minimum absolute atomic E-state index is 0.108. The predicted molar refractivity (Wildman–Crippen MR) is 127 cm³/mol. The van der Waals surface area contributed by atoms with Crippen LogP contribution in [0.1, 0.15) is 47.6 Å². The van der Waals surface area contributed by atoms with Crippen LogP contribution in [0.4, 0.5) is 5.82 Å². The summed E-state index contributed by atoms with van der Waals surface area (Å²) in [6, 6.07) is 13.9. The number of thioether (sulfide) groups is 1. The van der Waals surface area contributed by atoms with Crippen molar-refractivity contribution < 1.29 is 14.1 Å². The first kappa shape index (κ1) is 23.1. The van der Waals surface area contributed by atoms with E-state index in [0.717, 1.165) is 16.9 Å². The summed E-state index contributed by atoms with van der Waals surface area (Å²) < 4.78 is 4.92. The maximum atomic E-state index is 12.6. The summed E-state index contributed by atoms with van der Waals surface area (Å²) in [6.45, 7) is 3.94. The Kier molecular flexibility index (Phi) is 8.73. The van der Waals surface area contributed by atoms with Crippen molar-refractivity contribution in [3.8, 4) is 0 Å². The van der Waals surface area contributed by atoms with Crippen molar-refractivity contribution in [1.82, 2.24) is 10.5 Å². The SMILES string of the molecule is CCCCc1ccc(C(NC(=O)CSCC(=O)Nc2cc(C)on2)c2cccs2)cc1. The van der Waals surface area contributed by atoms with Crippen LogP contribution in [0.5, 0.6) is 0 Å². The van der Waals surface area contributed by atoms with Gasteiger partial charge >= 0.3 is 0 Å². The molecule has 0 aliphatic heterocycles. The molecule has 1 unspecified atom stereocenters. The summed E-state index contributed by atoms with van der Waals surface area (Å²) in [5.74, 6) is 1.04. The van der Waals surface area contributed by atoms with Crippen LogP contribution in [-0.4, -0.2) is 28.5 Å². The highest BCUT2D eigenvalue weighted by Gasteiger charge is 2.18. The third-order valence-corrected chi connectivity index (χ3v) is 6.50. The zero-order chi connectivity index (χ0) is 22.1. The Balaban J connectivity index is 1.53. The van der Waals surface area contributed by atoms with Gasteiger partial charge in [0, 0.05) is 10.9 Å².